The fourth-order valence-electron chi connectivity index (χ4n) is 2.62. The van der Waals surface area contributed by atoms with Crippen molar-refractivity contribution in [3.63, 3.8) is 0 Å². The van der Waals surface area contributed by atoms with Gasteiger partial charge in [-0.1, -0.05) is 31.0 Å². The van der Waals surface area contributed by atoms with Crippen molar-refractivity contribution >= 4 is 21.6 Å². The molecule has 0 aromatic heterocycles. The molecule has 0 spiro atoms. The number of nitrogens with one attached hydrogen (secondary N) is 1. The van der Waals surface area contributed by atoms with Gasteiger partial charge >= 0.3 is 0 Å². The summed E-state index contributed by atoms with van der Waals surface area (Å²) in [4.78, 5) is 12.5. The van der Waals surface area contributed by atoms with E-state index in [0.29, 0.717) is 24.6 Å². The maximum atomic E-state index is 13.3. The van der Waals surface area contributed by atoms with E-state index in [9.17, 15) is 13.2 Å². The van der Waals surface area contributed by atoms with Crippen molar-refractivity contribution in [3.05, 3.63) is 54.1 Å². The third kappa shape index (κ3) is 5.73. The van der Waals surface area contributed by atoms with Crippen molar-refractivity contribution in [2.75, 3.05) is 24.0 Å². The van der Waals surface area contributed by atoms with Crippen molar-refractivity contribution in [2.45, 2.75) is 38.5 Å². The van der Waals surface area contributed by atoms with Gasteiger partial charge in [0.05, 0.1) is 17.2 Å². The fourth-order valence-corrected chi connectivity index (χ4v) is 4.04. The van der Waals surface area contributed by atoms with E-state index in [1.165, 1.54) is 12.1 Å². The quantitative estimate of drug-likeness (QED) is 0.615. The zero-order valence-corrected chi connectivity index (χ0v) is 17.5. The van der Waals surface area contributed by atoms with Crippen LogP contribution in [-0.2, 0) is 14.8 Å². The van der Waals surface area contributed by atoms with E-state index in [0.717, 1.165) is 22.7 Å². The van der Waals surface area contributed by atoms with Crippen molar-refractivity contribution in [1.82, 2.24) is 5.32 Å². The van der Waals surface area contributed by atoms with E-state index in [1.54, 1.807) is 24.3 Å². The van der Waals surface area contributed by atoms with Gasteiger partial charge in [0.1, 0.15) is 12.3 Å². The van der Waals surface area contributed by atoms with Gasteiger partial charge < -0.3 is 10.1 Å². The molecule has 2 rings (SSSR count). The largest absolute Gasteiger partial charge is 0.494 e. The van der Waals surface area contributed by atoms with E-state index in [1.807, 2.05) is 32.9 Å². The second-order valence-electron chi connectivity index (χ2n) is 6.46. The summed E-state index contributed by atoms with van der Waals surface area (Å²) in [6.07, 6.45) is 1.80. The molecule has 2 aromatic carbocycles. The van der Waals surface area contributed by atoms with Gasteiger partial charge in [-0.2, -0.15) is 0 Å². The molecule has 1 N–H and O–H groups in total. The van der Waals surface area contributed by atoms with Crippen LogP contribution in [0.15, 0.2) is 53.4 Å². The Morgan fingerprint density at radius 1 is 1.04 bits per heavy atom. The van der Waals surface area contributed by atoms with Gasteiger partial charge in [-0.05, 0) is 56.7 Å². The summed E-state index contributed by atoms with van der Waals surface area (Å²) < 4.78 is 33.0. The standard InChI is InChI=1S/C21H28N2O4S/c1-4-6-15-22-21(24)16-23(18-9-7-17(3)8-10-18)28(25,26)20-13-11-19(12-14-20)27-5-2/h7-14H,4-6,15-16H2,1-3H3,(H,22,24). The fraction of sp³-hybridized carbons (Fsp3) is 0.381. The number of carbonyl (C=O) groups excluding carboxylic acids is 1. The maximum Gasteiger partial charge on any atom is 0.264 e. The molecule has 0 aliphatic heterocycles. The molecule has 0 radical (unpaired) electrons. The molecule has 7 heteroatoms. The summed E-state index contributed by atoms with van der Waals surface area (Å²) in [6.45, 7) is 6.57. The topological polar surface area (TPSA) is 75.7 Å². The first kappa shape index (κ1) is 21.8. The molecule has 2 aromatic rings. The summed E-state index contributed by atoms with van der Waals surface area (Å²) in [6, 6.07) is 13.3. The number of carbonyl (C=O) groups is 1. The molecule has 0 fully saturated rings. The van der Waals surface area contributed by atoms with Crippen molar-refractivity contribution in [1.29, 1.82) is 0 Å². The van der Waals surface area contributed by atoms with Crippen LogP contribution in [0, 0.1) is 6.92 Å². The van der Waals surface area contributed by atoms with Crippen LogP contribution in [0.2, 0.25) is 0 Å². The number of unbranched alkanes of at least 4 members (excludes halogenated alkanes) is 1. The highest BCUT2D eigenvalue weighted by Crippen LogP contribution is 2.25. The average molecular weight is 405 g/mol. The average Bonchev–Trinajstić information content (AvgIpc) is 2.68. The molecule has 28 heavy (non-hydrogen) atoms. The normalized spacial score (nSPS) is 11.1. The molecule has 0 aliphatic rings. The number of hydrogen-bond donors (Lipinski definition) is 1. The van der Waals surface area contributed by atoms with Crippen molar-refractivity contribution in [2.24, 2.45) is 0 Å². The first-order chi connectivity index (χ1) is 13.4. The smallest absolute Gasteiger partial charge is 0.264 e. The monoisotopic (exact) mass is 404 g/mol. The number of amides is 1. The second-order valence-corrected chi connectivity index (χ2v) is 8.32. The summed E-state index contributed by atoms with van der Waals surface area (Å²) >= 11 is 0. The molecule has 0 saturated heterocycles. The van der Waals surface area contributed by atoms with Crippen LogP contribution < -0.4 is 14.4 Å². The van der Waals surface area contributed by atoms with Gasteiger partial charge in [0, 0.05) is 6.54 Å². The molecule has 152 valence electrons. The van der Waals surface area contributed by atoms with Crippen LogP contribution in [0.5, 0.6) is 5.75 Å². The summed E-state index contributed by atoms with van der Waals surface area (Å²) in [5.74, 6) is 0.268. The number of sulfonamides is 1. The molecule has 0 saturated carbocycles. The highest BCUT2D eigenvalue weighted by Gasteiger charge is 2.27. The molecule has 0 atom stereocenters. The Labute approximate surface area is 167 Å². The number of benzene rings is 2. The third-order valence-corrected chi connectivity index (χ3v) is 5.97. The minimum atomic E-state index is -3.91. The Bertz CT molecular complexity index is 862. The molecular formula is C21H28N2O4S. The van der Waals surface area contributed by atoms with E-state index in [2.05, 4.69) is 5.32 Å². The predicted octanol–water partition coefficient (Wildman–Crippen LogP) is 3.51. The molecule has 1 amide bonds. The minimum Gasteiger partial charge on any atom is -0.494 e. The number of rotatable bonds is 10. The third-order valence-electron chi connectivity index (χ3n) is 4.18. The van der Waals surface area contributed by atoms with Gasteiger partial charge in [0.15, 0.2) is 0 Å². The zero-order chi connectivity index (χ0) is 20.6. The first-order valence-electron chi connectivity index (χ1n) is 9.47. The number of ether oxygens (including phenoxy) is 1. The lowest BCUT2D eigenvalue weighted by molar-refractivity contribution is -0.119. The number of aryl methyl sites for hydroxylation is 1. The van der Waals surface area contributed by atoms with Gasteiger partial charge in [-0.25, -0.2) is 8.42 Å². The van der Waals surface area contributed by atoms with Crippen molar-refractivity contribution in [3.8, 4) is 5.75 Å². The second kappa shape index (κ2) is 10.1. The molecule has 0 unspecified atom stereocenters. The SMILES string of the molecule is CCCCNC(=O)CN(c1ccc(C)cc1)S(=O)(=O)c1ccc(OCC)cc1. The van der Waals surface area contributed by atoms with Gasteiger partial charge in [0.25, 0.3) is 10.0 Å². The lowest BCUT2D eigenvalue weighted by atomic mass is 10.2. The number of anilines is 1. The van der Waals surface area contributed by atoms with Crippen LogP contribution in [0.3, 0.4) is 0 Å². The van der Waals surface area contributed by atoms with Gasteiger partial charge in [-0.3, -0.25) is 9.10 Å². The summed E-state index contributed by atoms with van der Waals surface area (Å²) in [7, 11) is -3.91. The number of nitrogens with zero attached hydrogens (tertiary/aromatic N) is 1. The van der Waals surface area contributed by atoms with Crippen LogP contribution in [-0.4, -0.2) is 34.0 Å². The summed E-state index contributed by atoms with van der Waals surface area (Å²) in [5, 5.41) is 2.78. The maximum absolute atomic E-state index is 13.3. The van der Waals surface area contributed by atoms with E-state index in [-0.39, 0.29) is 17.3 Å². The molecule has 0 heterocycles. The Hall–Kier alpha value is -2.54. The molecule has 0 aliphatic carbocycles. The van der Waals surface area contributed by atoms with Gasteiger partial charge in [0.2, 0.25) is 5.91 Å². The lowest BCUT2D eigenvalue weighted by Gasteiger charge is -2.24. The number of hydrogen-bond acceptors (Lipinski definition) is 4. The summed E-state index contributed by atoms with van der Waals surface area (Å²) in [5.41, 5.74) is 1.46. The Kier molecular flexibility index (Phi) is 7.87. The molecule has 6 nitrogen and oxygen atoms in total. The van der Waals surface area contributed by atoms with E-state index < -0.39 is 10.0 Å². The van der Waals surface area contributed by atoms with Crippen LogP contribution in [0.4, 0.5) is 5.69 Å². The molecule has 0 bridgehead atoms. The van der Waals surface area contributed by atoms with Crippen molar-refractivity contribution < 1.29 is 17.9 Å². The predicted molar refractivity (Wildman–Crippen MR) is 111 cm³/mol. The first-order valence-corrected chi connectivity index (χ1v) is 10.9. The van der Waals surface area contributed by atoms with Crippen LogP contribution in [0.25, 0.3) is 0 Å². The van der Waals surface area contributed by atoms with E-state index in [4.69, 9.17) is 4.74 Å². The highest BCUT2D eigenvalue weighted by atomic mass is 32.2. The van der Waals surface area contributed by atoms with E-state index >= 15 is 0 Å². The Balaban J connectivity index is 2.33. The minimum absolute atomic E-state index is 0.109. The highest BCUT2D eigenvalue weighted by molar-refractivity contribution is 7.92. The van der Waals surface area contributed by atoms with Crippen LogP contribution in [0.1, 0.15) is 32.3 Å². The lowest BCUT2D eigenvalue weighted by Crippen LogP contribution is -2.41. The van der Waals surface area contributed by atoms with Gasteiger partial charge in [-0.15, -0.1) is 0 Å². The Morgan fingerprint density at radius 2 is 1.68 bits per heavy atom. The zero-order valence-electron chi connectivity index (χ0n) is 16.6. The molecular weight excluding hydrogens is 376 g/mol. The Morgan fingerprint density at radius 3 is 2.25 bits per heavy atom. The van der Waals surface area contributed by atoms with Crippen LogP contribution >= 0.6 is 0 Å².